The van der Waals surface area contributed by atoms with Gasteiger partial charge in [0.15, 0.2) is 18.1 Å². The summed E-state index contributed by atoms with van der Waals surface area (Å²) in [6, 6.07) is 14.1. The van der Waals surface area contributed by atoms with E-state index >= 15 is 0 Å². The molecule has 2 aromatic carbocycles. The van der Waals surface area contributed by atoms with Gasteiger partial charge in [0.05, 0.1) is 0 Å². The topological polar surface area (TPSA) is 70.1 Å². The van der Waals surface area contributed by atoms with E-state index < -0.39 is 0 Å². The summed E-state index contributed by atoms with van der Waals surface area (Å²) in [4.78, 5) is 28.2. The minimum atomic E-state index is -0.280. The summed E-state index contributed by atoms with van der Waals surface area (Å²) >= 11 is 0. The number of ether oxygens (including phenoxy) is 1. The van der Waals surface area contributed by atoms with E-state index in [-0.39, 0.29) is 42.5 Å². The van der Waals surface area contributed by atoms with Gasteiger partial charge in [-0.05, 0) is 38.1 Å². The van der Waals surface area contributed by atoms with E-state index in [4.69, 9.17) is 4.74 Å². The first-order valence-corrected chi connectivity index (χ1v) is 8.53. The summed E-state index contributed by atoms with van der Waals surface area (Å²) < 4.78 is 5.39. The van der Waals surface area contributed by atoms with Crippen LogP contribution in [0.5, 0.6) is 11.5 Å². The molecule has 0 unspecified atom stereocenters. The van der Waals surface area contributed by atoms with Gasteiger partial charge in [-0.15, -0.1) is 0 Å². The van der Waals surface area contributed by atoms with Crippen molar-refractivity contribution in [2.45, 2.75) is 19.9 Å². The van der Waals surface area contributed by atoms with Gasteiger partial charge in [0, 0.05) is 18.3 Å². The standard InChI is InChI=1S/C20H22N2O4/c1-14-7-9-16(10-8-14)22-11-15(2)21(12-19(22)24)20(25)13-26-18-6-4-3-5-17(18)23/h3-10,15,23H,11-13H2,1-2H3/t15-/m1/s1. The number of phenols is 1. The third kappa shape index (κ3) is 3.79. The molecule has 0 aromatic heterocycles. The Balaban J connectivity index is 1.63. The molecule has 136 valence electrons. The Morgan fingerprint density at radius 2 is 1.88 bits per heavy atom. The number of phenolic OH excluding ortho intramolecular Hbond substituents is 1. The summed E-state index contributed by atoms with van der Waals surface area (Å²) in [5.41, 5.74) is 1.97. The SMILES string of the molecule is Cc1ccc(N2C[C@@H](C)N(C(=O)COc3ccccc3O)CC2=O)cc1. The Bertz CT molecular complexity index is 804. The average molecular weight is 354 g/mol. The van der Waals surface area contributed by atoms with Crippen LogP contribution < -0.4 is 9.64 Å². The lowest BCUT2D eigenvalue weighted by atomic mass is 10.1. The Morgan fingerprint density at radius 1 is 1.19 bits per heavy atom. The van der Waals surface area contributed by atoms with E-state index in [9.17, 15) is 14.7 Å². The Kier molecular flexibility index (Phi) is 5.11. The highest BCUT2D eigenvalue weighted by Crippen LogP contribution is 2.25. The van der Waals surface area contributed by atoms with Crippen LogP contribution in [0.15, 0.2) is 48.5 Å². The van der Waals surface area contributed by atoms with Crippen LogP contribution in [0.4, 0.5) is 5.69 Å². The first-order valence-electron chi connectivity index (χ1n) is 8.53. The minimum Gasteiger partial charge on any atom is -0.504 e. The van der Waals surface area contributed by atoms with Gasteiger partial charge in [0.2, 0.25) is 5.91 Å². The number of aryl methyl sites for hydroxylation is 1. The fourth-order valence-corrected chi connectivity index (χ4v) is 2.96. The van der Waals surface area contributed by atoms with Crippen molar-refractivity contribution in [1.82, 2.24) is 4.90 Å². The fraction of sp³-hybridized carbons (Fsp3) is 0.300. The van der Waals surface area contributed by atoms with Gasteiger partial charge >= 0.3 is 0 Å². The van der Waals surface area contributed by atoms with Crippen molar-refractivity contribution >= 4 is 17.5 Å². The molecule has 0 spiro atoms. The monoisotopic (exact) mass is 354 g/mol. The van der Waals surface area contributed by atoms with Crippen LogP contribution in [0.3, 0.4) is 0 Å². The molecule has 1 saturated heterocycles. The lowest BCUT2D eigenvalue weighted by Gasteiger charge is -2.39. The first kappa shape index (κ1) is 17.8. The quantitative estimate of drug-likeness (QED) is 0.915. The molecule has 0 bridgehead atoms. The molecular weight excluding hydrogens is 332 g/mol. The van der Waals surface area contributed by atoms with Crippen molar-refractivity contribution in [2.24, 2.45) is 0 Å². The predicted octanol–water partition coefficient (Wildman–Crippen LogP) is 2.34. The lowest BCUT2D eigenvalue weighted by Crippen LogP contribution is -2.58. The highest BCUT2D eigenvalue weighted by Gasteiger charge is 2.33. The zero-order chi connectivity index (χ0) is 18.7. The van der Waals surface area contributed by atoms with Crippen LogP contribution in [-0.2, 0) is 9.59 Å². The molecule has 1 aliphatic heterocycles. The number of hydrogen-bond acceptors (Lipinski definition) is 4. The number of carbonyl (C=O) groups is 2. The second-order valence-electron chi connectivity index (χ2n) is 6.47. The van der Waals surface area contributed by atoms with Crippen LogP contribution in [0.25, 0.3) is 0 Å². The number of rotatable bonds is 4. The third-order valence-corrected chi connectivity index (χ3v) is 4.47. The Hall–Kier alpha value is -3.02. The molecule has 1 atom stereocenters. The van der Waals surface area contributed by atoms with Crippen LogP contribution >= 0.6 is 0 Å². The first-order chi connectivity index (χ1) is 12.5. The molecule has 0 aliphatic carbocycles. The second kappa shape index (κ2) is 7.47. The maximum absolute atomic E-state index is 12.5. The highest BCUT2D eigenvalue weighted by atomic mass is 16.5. The summed E-state index contributed by atoms with van der Waals surface area (Å²) in [7, 11) is 0. The van der Waals surface area contributed by atoms with Crippen molar-refractivity contribution in [3.63, 3.8) is 0 Å². The number of piperazine rings is 1. The molecule has 0 saturated carbocycles. The summed E-state index contributed by atoms with van der Waals surface area (Å²) in [6.45, 7) is 4.13. The summed E-state index contributed by atoms with van der Waals surface area (Å²) in [6.07, 6.45) is 0. The van der Waals surface area contributed by atoms with Gasteiger partial charge < -0.3 is 19.6 Å². The van der Waals surface area contributed by atoms with Crippen molar-refractivity contribution < 1.29 is 19.4 Å². The van der Waals surface area contributed by atoms with Crippen LogP contribution in [0, 0.1) is 6.92 Å². The number of para-hydroxylation sites is 2. The zero-order valence-corrected chi connectivity index (χ0v) is 14.9. The van der Waals surface area contributed by atoms with E-state index in [0.29, 0.717) is 6.54 Å². The number of hydrogen-bond donors (Lipinski definition) is 1. The van der Waals surface area contributed by atoms with E-state index in [1.54, 1.807) is 23.1 Å². The van der Waals surface area contributed by atoms with Crippen LogP contribution in [0.1, 0.15) is 12.5 Å². The summed E-state index contributed by atoms with van der Waals surface area (Å²) in [5.74, 6) is -0.174. The third-order valence-electron chi connectivity index (χ3n) is 4.47. The molecule has 1 heterocycles. The molecule has 0 radical (unpaired) electrons. The van der Waals surface area contributed by atoms with Crippen molar-refractivity contribution in [2.75, 3.05) is 24.6 Å². The van der Waals surface area contributed by atoms with Crippen LogP contribution in [-0.4, -0.2) is 47.6 Å². The van der Waals surface area contributed by atoms with E-state index in [2.05, 4.69) is 0 Å². The molecule has 6 nitrogen and oxygen atoms in total. The van der Waals surface area contributed by atoms with Crippen LogP contribution in [0.2, 0.25) is 0 Å². The van der Waals surface area contributed by atoms with Gasteiger partial charge in [-0.1, -0.05) is 29.8 Å². The van der Waals surface area contributed by atoms with E-state index in [1.165, 1.54) is 11.0 Å². The normalized spacial score (nSPS) is 17.3. The van der Waals surface area contributed by atoms with E-state index in [1.807, 2.05) is 38.1 Å². The molecule has 3 rings (SSSR count). The smallest absolute Gasteiger partial charge is 0.261 e. The lowest BCUT2D eigenvalue weighted by molar-refractivity contribution is -0.141. The average Bonchev–Trinajstić information content (AvgIpc) is 2.63. The molecule has 2 amide bonds. The number of aromatic hydroxyl groups is 1. The van der Waals surface area contributed by atoms with Crippen molar-refractivity contribution in [3.8, 4) is 11.5 Å². The minimum absolute atomic E-state index is 0.0119. The molecule has 1 N–H and O–H groups in total. The van der Waals surface area contributed by atoms with Crippen molar-refractivity contribution in [1.29, 1.82) is 0 Å². The molecule has 1 fully saturated rings. The Morgan fingerprint density at radius 3 is 2.58 bits per heavy atom. The molecular formula is C20H22N2O4. The van der Waals surface area contributed by atoms with E-state index in [0.717, 1.165) is 11.3 Å². The van der Waals surface area contributed by atoms with Gasteiger partial charge in [0.1, 0.15) is 6.54 Å². The fourth-order valence-electron chi connectivity index (χ4n) is 2.96. The zero-order valence-electron chi connectivity index (χ0n) is 14.9. The largest absolute Gasteiger partial charge is 0.504 e. The number of benzene rings is 2. The van der Waals surface area contributed by atoms with Gasteiger partial charge in [0.25, 0.3) is 5.91 Å². The van der Waals surface area contributed by atoms with Crippen molar-refractivity contribution in [3.05, 3.63) is 54.1 Å². The molecule has 1 aliphatic rings. The van der Waals surface area contributed by atoms with Gasteiger partial charge in [-0.25, -0.2) is 0 Å². The number of carbonyl (C=O) groups excluding carboxylic acids is 2. The molecule has 2 aromatic rings. The van der Waals surface area contributed by atoms with Gasteiger partial charge in [-0.3, -0.25) is 9.59 Å². The maximum atomic E-state index is 12.5. The molecule has 6 heteroatoms. The predicted molar refractivity (Wildman–Crippen MR) is 98.3 cm³/mol. The maximum Gasteiger partial charge on any atom is 0.261 e. The van der Waals surface area contributed by atoms with Gasteiger partial charge in [-0.2, -0.15) is 0 Å². The number of nitrogens with zero attached hydrogens (tertiary/aromatic N) is 2. The summed E-state index contributed by atoms with van der Waals surface area (Å²) in [5, 5.41) is 9.70. The molecule has 26 heavy (non-hydrogen) atoms. The Labute approximate surface area is 152 Å². The second-order valence-corrected chi connectivity index (χ2v) is 6.47. The number of anilines is 1. The highest BCUT2D eigenvalue weighted by molar-refractivity contribution is 5.98. The number of amides is 2.